The van der Waals surface area contributed by atoms with Gasteiger partial charge in [-0.1, -0.05) is 35.9 Å². The van der Waals surface area contributed by atoms with E-state index in [1.807, 2.05) is 0 Å². The van der Waals surface area contributed by atoms with Crippen LogP contribution >= 0.6 is 11.6 Å². The number of ether oxygens (including phenoxy) is 1. The van der Waals surface area contributed by atoms with E-state index >= 15 is 0 Å². The summed E-state index contributed by atoms with van der Waals surface area (Å²) in [7, 11) is 1.38. The lowest BCUT2D eigenvalue weighted by atomic mass is 9.92. The molecule has 0 radical (unpaired) electrons. The van der Waals surface area contributed by atoms with E-state index in [9.17, 15) is 24.5 Å². The molecule has 1 atom stereocenters. The van der Waals surface area contributed by atoms with E-state index in [2.05, 4.69) is 10.3 Å². The summed E-state index contributed by atoms with van der Waals surface area (Å²) in [5, 5.41) is 14.9. The van der Waals surface area contributed by atoms with Gasteiger partial charge in [0.05, 0.1) is 22.6 Å². The van der Waals surface area contributed by atoms with E-state index in [4.69, 9.17) is 16.3 Å². The summed E-state index contributed by atoms with van der Waals surface area (Å²) in [5.74, 6) is -3.57. The first-order valence-corrected chi connectivity index (χ1v) is 9.94. The van der Waals surface area contributed by atoms with Gasteiger partial charge in [-0.25, -0.2) is 4.98 Å². The van der Waals surface area contributed by atoms with Crippen molar-refractivity contribution in [2.24, 2.45) is 7.05 Å². The van der Waals surface area contributed by atoms with Crippen molar-refractivity contribution in [2.45, 2.75) is 19.4 Å². The van der Waals surface area contributed by atoms with Gasteiger partial charge >= 0.3 is 17.2 Å². The number of rotatable bonds is 7. The van der Waals surface area contributed by atoms with Gasteiger partial charge in [0, 0.05) is 25.2 Å². The zero-order chi connectivity index (χ0) is 23.4. The molecule has 32 heavy (non-hydrogen) atoms. The number of nitrogens with one attached hydrogen (secondary N) is 1. The van der Waals surface area contributed by atoms with Crippen molar-refractivity contribution >= 4 is 40.1 Å². The van der Waals surface area contributed by atoms with E-state index in [0.717, 1.165) is 4.57 Å². The van der Waals surface area contributed by atoms with Gasteiger partial charge in [0.25, 0.3) is 0 Å². The predicted octanol–water partition coefficient (Wildman–Crippen LogP) is 2.46. The van der Waals surface area contributed by atoms with Crippen molar-refractivity contribution in [1.82, 2.24) is 14.9 Å². The summed E-state index contributed by atoms with van der Waals surface area (Å²) in [4.78, 5) is 53.6. The molecule has 166 valence electrons. The van der Waals surface area contributed by atoms with Crippen molar-refractivity contribution < 1.29 is 19.2 Å². The molecule has 0 fully saturated rings. The van der Waals surface area contributed by atoms with Gasteiger partial charge in [0.15, 0.2) is 5.92 Å². The first-order valence-electron chi connectivity index (χ1n) is 9.57. The normalized spacial score (nSPS) is 11.7. The molecule has 0 spiro atoms. The number of aromatic nitrogens is 2. The minimum absolute atomic E-state index is 0.0184. The number of benzene rings is 1. The molecule has 0 saturated carbocycles. The Morgan fingerprint density at radius 1 is 1.28 bits per heavy atom. The highest BCUT2D eigenvalue weighted by molar-refractivity contribution is 6.29. The Morgan fingerprint density at radius 3 is 2.62 bits per heavy atom. The molecule has 0 saturated heterocycles. The Morgan fingerprint density at radius 2 is 2.00 bits per heavy atom. The van der Waals surface area contributed by atoms with Gasteiger partial charge in [-0.2, -0.15) is 0 Å². The van der Waals surface area contributed by atoms with Gasteiger partial charge < -0.3 is 14.6 Å². The number of amides is 1. The second kappa shape index (κ2) is 9.56. The highest BCUT2D eigenvalue weighted by Gasteiger charge is 2.39. The molecule has 1 N–H and O–H groups in total. The van der Waals surface area contributed by atoms with Crippen LogP contribution in [0.15, 0.2) is 47.4 Å². The minimum Gasteiger partial charge on any atom is -0.465 e. The number of para-hydroxylation sites is 1. The van der Waals surface area contributed by atoms with Crippen LogP contribution in [0.5, 0.6) is 0 Å². The molecule has 0 aliphatic heterocycles. The summed E-state index contributed by atoms with van der Waals surface area (Å²) in [6.07, 6.45) is 1.44. The summed E-state index contributed by atoms with van der Waals surface area (Å²) in [6.45, 7) is 1.47. The van der Waals surface area contributed by atoms with Crippen LogP contribution in [-0.2, 0) is 27.9 Å². The average Bonchev–Trinajstić information content (AvgIpc) is 2.77. The summed E-state index contributed by atoms with van der Waals surface area (Å²) in [6, 6.07) is 9.49. The monoisotopic (exact) mass is 458 g/mol. The number of nitro groups is 1. The van der Waals surface area contributed by atoms with Gasteiger partial charge in [-0.15, -0.1) is 0 Å². The molecule has 2 heterocycles. The van der Waals surface area contributed by atoms with Gasteiger partial charge in [-0.3, -0.25) is 24.5 Å². The smallest absolute Gasteiger partial charge is 0.339 e. The Labute approximate surface area is 186 Å². The minimum atomic E-state index is -1.73. The molecule has 0 bridgehead atoms. The first kappa shape index (κ1) is 22.9. The van der Waals surface area contributed by atoms with Crippen LogP contribution in [0.3, 0.4) is 0 Å². The lowest BCUT2D eigenvalue weighted by Crippen LogP contribution is -2.36. The zero-order valence-corrected chi connectivity index (χ0v) is 18.0. The Hall–Kier alpha value is -3.79. The lowest BCUT2D eigenvalue weighted by molar-refractivity contribution is -0.387. The number of aryl methyl sites for hydroxylation is 1. The van der Waals surface area contributed by atoms with Crippen molar-refractivity contribution in [3.8, 4) is 0 Å². The Balaban J connectivity index is 2.16. The van der Waals surface area contributed by atoms with E-state index in [0.29, 0.717) is 11.1 Å². The third kappa shape index (κ3) is 4.45. The predicted molar refractivity (Wildman–Crippen MR) is 116 cm³/mol. The zero-order valence-electron chi connectivity index (χ0n) is 17.2. The largest absolute Gasteiger partial charge is 0.465 e. The molecule has 1 unspecified atom stereocenters. The molecule has 1 aromatic carbocycles. The fourth-order valence-electron chi connectivity index (χ4n) is 3.36. The number of pyridine rings is 2. The van der Waals surface area contributed by atoms with Gasteiger partial charge in [-0.05, 0) is 24.6 Å². The number of hydrogen-bond donors (Lipinski definition) is 1. The first-order chi connectivity index (χ1) is 15.3. The fraction of sp³-hybridized carbons (Fsp3) is 0.238. The second-order valence-corrected chi connectivity index (χ2v) is 7.18. The van der Waals surface area contributed by atoms with Crippen LogP contribution in [-0.4, -0.2) is 33.0 Å². The van der Waals surface area contributed by atoms with Crippen molar-refractivity contribution in [3.63, 3.8) is 0 Å². The van der Waals surface area contributed by atoms with Crippen LogP contribution in [0.4, 0.5) is 5.69 Å². The van der Waals surface area contributed by atoms with Crippen LogP contribution < -0.4 is 10.9 Å². The van der Waals surface area contributed by atoms with Crippen molar-refractivity contribution in [1.29, 1.82) is 0 Å². The molecule has 2 aromatic heterocycles. The summed E-state index contributed by atoms with van der Waals surface area (Å²) >= 11 is 5.76. The Bertz CT molecular complexity index is 1260. The van der Waals surface area contributed by atoms with E-state index in [1.54, 1.807) is 31.2 Å². The standard InChI is InChI=1S/C21H19ClN4O6/c1-3-32-21(29)17(19(27)24-11-12-8-9-15(22)23-10-12)16-13-6-4-5-7-14(13)25(2)20(28)18(16)26(30)31/h4-10,17H,3,11H2,1-2H3,(H,24,27). The van der Waals surface area contributed by atoms with Gasteiger partial charge in [0.1, 0.15) is 5.15 Å². The molecular formula is C21H19ClN4O6. The molecular weight excluding hydrogens is 440 g/mol. The highest BCUT2D eigenvalue weighted by atomic mass is 35.5. The number of esters is 1. The molecule has 0 aliphatic rings. The summed E-state index contributed by atoms with van der Waals surface area (Å²) in [5.41, 5.74) is -1.17. The van der Waals surface area contributed by atoms with E-state index in [1.165, 1.54) is 25.4 Å². The third-order valence-electron chi connectivity index (χ3n) is 4.83. The third-order valence-corrected chi connectivity index (χ3v) is 5.05. The van der Waals surface area contributed by atoms with Crippen molar-refractivity contribution in [3.05, 3.63) is 79.3 Å². The molecule has 10 nitrogen and oxygen atoms in total. The lowest BCUT2D eigenvalue weighted by Gasteiger charge is -2.19. The highest BCUT2D eigenvalue weighted by Crippen LogP contribution is 2.32. The maximum atomic E-state index is 13.1. The topological polar surface area (TPSA) is 133 Å². The average molecular weight is 459 g/mol. The molecule has 3 rings (SSSR count). The van der Waals surface area contributed by atoms with E-state index < -0.39 is 34.0 Å². The van der Waals surface area contributed by atoms with Crippen molar-refractivity contribution in [2.75, 3.05) is 6.61 Å². The maximum Gasteiger partial charge on any atom is 0.339 e. The van der Waals surface area contributed by atoms with Crippen LogP contribution in [0.2, 0.25) is 5.15 Å². The van der Waals surface area contributed by atoms with Crippen LogP contribution in [0.1, 0.15) is 24.0 Å². The van der Waals surface area contributed by atoms with E-state index in [-0.39, 0.29) is 29.3 Å². The number of nitrogens with zero attached hydrogens (tertiary/aromatic N) is 3. The number of halogens is 1. The molecule has 3 aromatic rings. The Kier molecular flexibility index (Phi) is 6.84. The SMILES string of the molecule is CCOC(=O)C(C(=O)NCc1ccc(Cl)nc1)c1c([N+](=O)[O-])c(=O)n(C)c2ccccc12. The van der Waals surface area contributed by atoms with Crippen LogP contribution in [0, 0.1) is 10.1 Å². The fourth-order valence-corrected chi connectivity index (χ4v) is 3.47. The number of carbonyl (C=O) groups is 2. The molecule has 11 heteroatoms. The summed E-state index contributed by atoms with van der Waals surface area (Å²) < 4.78 is 6.15. The molecule has 0 aliphatic carbocycles. The number of fused-ring (bicyclic) bond motifs is 1. The van der Waals surface area contributed by atoms with Gasteiger partial charge in [0.2, 0.25) is 5.91 Å². The second-order valence-electron chi connectivity index (χ2n) is 6.79. The maximum absolute atomic E-state index is 13.1. The van der Waals surface area contributed by atoms with Crippen LogP contribution in [0.25, 0.3) is 10.9 Å². The number of hydrogen-bond acceptors (Lipinski definition) is 7. The number of carbonyl (C=O) groups excluding carboxylic acids is 2. The quantitative estimate of drug-likeness (QED) is 0.189. The molecule has 1 amide bonds.